The summed E-state index contributed by atoms with van der Waals surface area (Å²) in [6.07, 6.45) is 1.51. The third kappa shape index (κ3) is 6.40. The lowest BCUT2D eigenvalue weighted by Gasteiger charge is -2.30. The molecule has 2 amide bonds. The molecule has 0 unspecified atom stereocenters. The van der Waals surface area contributed by atoms with E-state index in [9.17, 15) is 9.59 Å². The number of hydrogen-bond donors (Lipinski definition) is 1. The van der Waals surface area contributed by atoms with Gasteiger partial charge in [0.2, 0.25) is 11.8 Å². The Morgan fingerprint density at radius 2 is 1.74 bits per heavy atom. The molecule has 0 spiro atoms. The molecule has 1 N–H and O–H groups in total. The fraction of sp³-hybridized carbons (Fsp3) is 0.364. The molecule has 5 heteroatoms. The van der Waals surface area contributed by atoms with E-state index in [2.05, 4.69) is 5.32 Å². The summed E-state index contributed by atoms with van der Waals surface area (Å²) >= 11 is 6.04. The fourth-order valence-electron chi connectivity index (χ4n) is 3.11. The number of rotatable bonds is 9. The van der Waals surface area contributed by atoms with Crippen molar-refractivity contribution >= 4 is 23.4 Å². The number of nitrogens with zero attached hydrogens (tertiary/aromatic N) is 1. The van der Waals surface area contributed by atoms with E-state index in [-0.39, 0.29) is 18.2 Å². The number of carbonyl (C=O) groups excluding carboxylic acids is 2. The monoisotopic (exact) mass is 386 g/mol. The molecule has 1 atom stereocenters. The van der Waals surface area contributed by atoms with Crippen LogP contribution in [0.25, 0.3) is 0 Å². The first-order chi connectivity index (χ1) is 13.0. The lowest BCUT2D eigenvalue weighted by molar-refractivity contribution is -0.140. The third-order valence-corrected chi connectivity index (χ3v) is 4.70. The smallest absolute Gasteiger partial charge is 0.242 e. The second kappa shape index (κ2) is 10.7. The van der Waals surface area contributed by atoms with Crippen LogP contribution in [0.3, 0.4) is 0 Å². The van der Waals surface area contributed by atoms with Gasteiger partial charge in [0, 0.05) is 18.1 Å². The highest BCUT2D eigenvalue weighted by molar-refractivity contribution is 6.30. The van der Waals surface area contributed by atoms with Gasteiger partial charge in [-0.15, -0.1) is 0 Å². The first-order valence-electron chi connectivity index (χ1n) is 9.40. The topological polar surface area (TPSA) is 49.4 Å². The molecule has 0 radical (unpaired) electrons. The van der Waals surface area contributed by atoms with Crippen LogP contribution in [0.15, 0.2) is 54.6 Å². The van der Waals surface area contributed by atoms with Crippen molar-refractivity contribution in [2.45, 2.75) is 39.2 Å². The predicted octanol–water partition coefficient (Wildman–Crippen LogP) is 3.87. The van der Waals surface area contributed by atoms with Crippen molar-refractivity contribution < 1.29 is 9.59 Å². The summed E-state index contributed by atoms with van der Waals surface area (Å²) in [6, 6.07) is 16.8. The van der Waals surface area contributed by atoms with Crippen LogP contribution in [0, 0.1) is 0 Å². The Kier molecular flexibility index (Phi) is 8.34. The molecule has 2 aromatic carbocycles. The summed E-state index contributed by atoms with van der Waals surface area (Å²) in [5.74, 6) is -0.168. The van der Waals surface area contributed by atoms with E-state index in [1.54, 1.807) is 17.0 Å². The van der Waals surface area contributed by atoms with E-state index < -0.39 is 6.04 Å². The van der Waals surface area contributed by atoms with Crippen molar-refractivity contribution in [3.05, 3.63) is 70.7 Å². The second-order valence-corrected chi connectivity index (χ2v) is 6.88. The van der Waals surface area contributed by atoms with E-state index in [1.165, 1.54) is 0 Å². The highest BCUT2D eigenvalue weighted by Gasteiger charge is 2.27. The predicted molar refractivity (Wildman–Crippen MR) is 110 cm³/mol. The molecular weight excluding hydrogens is 360 g/mol. The molecule has 0 saturated heterocycles. The number of benzene rings is 2. The molecule has 0 bridgehead atoms. The molecule has 144 valence electrons. The molecule has 2 rings (SSSR count). The highest BCUT2D eigenvalue weighted by atomic mass is 35.5. The zero-order valence-corrected chi connectivity index (χ0v) is 16.7. The minimum atomic E-state index is -0.472. The van der Waals surface area contributed by atoms with E-state index in [0.29, 0.717) is 31.0 Å². The molecule has 0 aliphatic heterocycles. The summed E-state index contributed by atoms with van der Waals surface area (Å²) in [5, 5.41) is 3.45. The molecule has 0 aliphatic rings. The summed E-state index contributed by atoms with van der Waals surface area (Å²) < 4.78 is 0. The normalized spacial score (nSPS) is 11.7. The maximum Gasteiger partial charge on any atom is 0.242 e. The number of hydrogen-bond acceptors (Lipinski definition) is 2. The summed E-state index contributed by atoms with van der Waals surface area (Å²) in [6.45, 7) is 4.86. The van der Waals surface area contributed by atoms with Crippen molar-refractivity contribution in [3.63, 3.8) is 0 Å². The van der Waals surface area contributed by atoms with Crippen molar-refractivity contribution in [2.24, 2.45) is 0 Å². The Morgan fingerprint density at radius 1 is 1.04 bits per heavy atom. The van der Waals surface area contributed by atoms with Gasteiger partial charge in [-0.1, -0.05) is 61.0 Å². The van der Waals surface area contributed by atoms with Gasteiger partial charge in [-0.05, 0) is 43.0 Å². The summed E-state index contributed by atoms with van der Waals surface area (Å²) in [4.78, 5) is 27.3. The number of likely N-dealkylation sites (N-methyl/N-ethyl adjacent to an activating group) is 1. The van der Waals surface area contributed by atoms with E-state index >= 15 is 0 Å². The number of halogens is 1. The second-order valence-electron chi connectivity index (χ2n) is 6.45. The number of carbonyl (C=O) groups is 2. The van der Waals surface area contributed by atoms with Crippen LogP contribution in [0.2, 0.25) is 5.02 Å². The average molecular weight is 387 g/mol. The minimum absolute atomic E-state index is 0.0636. The van der Waals surface area contributed by atoms with Crippen molar-refractivity contribution in [3.8, 4) is 0 Å². The van der Waals surface area contributed by atoms with Crippen molar-refractivity contribution in [2.75, 3.05) is 13.1 Å². The van der Waals surface area contributed by atoms with Crippen molar-refractivity contribution in [1.82, 2.24) is 10.2 Å². The van der Waals surface area contributed by atoms with Crippen LogP contribution in [-0.2, 0) is 22.4 Å². The molecule has 0 saturated carbocycles. The first kappa shape index (κ1) is 21.0. The summed E-state index contributed by atoms with van der Waals surface area (Å²) in [7, 11) is 0. The largest absolute Gasteiger partial charge is 0.355 e. The molecule has 27 heavy (non-hydrogen) atoms. The molecule has 0 aliphatic carbocycles. The maximum absolute atomic E-state index is 13.1. The van der Waals surface area contributed by atoms with Crippen LogP contribution >= 0.6 is 11.6 Å². The standard InChI is InChI=1S/C22H27ClN2O2/c1-3-20(22(27)24-4-2)25(14-13-17-9-6-5-7-10-17)21(26)16-18-11-8-12-19(23)15-18/h5-12,15,20H,3-4,13-14,16H2,1-2H3,(H,24,27)/t20-/m1/s1. The number of nitrogens with one attached hydrogen (secondary N) is 1. The van der Waals surface area contributed by atoms with Crippen molar-refractivity contribution in [1.29, 1.82) is 0 Å². The van der Waals surface area contributed by atoms with Crippen LogP contribution in [-0.4, -0.2) is 35.8 Å². The van der Waals surface area contributed by atoms with Gasteiger partial charge >= 0.3 is 0 Å². The molecule has 4 nitrogen and oxygen atoms in total. The van der Waals surface area contributed by atoms with E-state index in [0.717, 1.165) is 11.1 Å². The lowest BCUT2D eigenvalue weighted by atomic mass is 10.1. The number of amides is 2. The Labute approximate surface area is 166 Å². The molecule has 2 aromatic rings. The SMILES string of the molecule is CCNC(=O)[C@@H](CC)N(CCc1ccccc1)C(=O)Cc1cccc(Cl)c1. The maximum atomic E-state index is 13.1. The van der Waals surface area contributed by atoms with Gasteiger partial charge in [-0.3, -0.25) is 9.59 Å². The zero-order valence-electron chi connectivity index (χ0n) is 16.0. The van der Waals surface area contributed by atoms with Gasteiger partial charge in [-0.25, -0.2) is 0 Å². The van der Waals surface area contributed by atoms with Crippen LogP contribution < -0.4 is 5.32 Å². The van der Waals surface area contributed by atoms with E-state index in [4.69, 9.17) is 11.6 Å². The highest BCUT2D eigenvalue weighted by Crippen LogP contribution is 2.15. The quantitative estimate of drug-likeness (QED) is 0.711. The Hall–Kier alpha value is -2.33. The van der Waals surface area contributed by atoms with Gasteiger partial charge in [0.1, 0.15) is 6.04 Å². The lowest BCUT2D eigenvalue weighted by Crippen LogP contribution is -2.50. The minimum Gasteiger partial charge on any atom is -0.355 e. The van der Waals surface area contributed by atoms with Gasteiger partial charge in [0.15, 0.2) is 0 Å². The molecule has 0 heterocycles. The molecule has 0 aromatic heterocycles. The first-order valence-corrected chi connectivity index (χ1v) is 9.78. The Balaban J connectivity index is 2.18. The van der Waals surface area contributed by atoms with Crippen LogP contribution in [0.5, 0.6) is 0 Å². The third-order valence-electron chi connectivity index (χ3n) is 4.47. The van der Waals surface area contributed by atoms with E-state index in [1.807, 2.05) is 56.3 Å². The Morgan fingerprint density at radius 3 is 2.37 bits per heavy atom. The van der Waals surface area contributed by atoms with Gasteiger partial charge in [0.25, 0.3) is 0 Å². The van der Waals surface area contributed by atoms with Crippen LogP contribution in [0.1, 0.15) is 31.4 Å². The van der Waals surface area contributed by atoms with Gasteiger partial charge in [-0.2, -0.15) is 0 Å². The van der Waals surface area contributed by atoms with Crippen LogP contribution in [0.4, 0.5) is 0 Å². The van der Waals surface area contributed by atoms with Gasteiger partial charge in [0.05, 0.1) is 6.42 Å². The molecular formula is C22H27ClN2O2. The average Bonchev–Trinajstić information content (AvgIpc) is 2.66. The summed E-state index contributed by atoms with van der Waals surface area (Å²) in [5.41, 5.74) is 1.99. The Bertz CT molecular complexity index is 749. The molecule has 0 fully saturated rings. The zero-order chi connectivity index (χ0) is 19.6. The van der Waals surface area contributed by atoms with Gasteiger partial charge < -0.3 is 10.2 Å². The fourth-order valence-corrected chi connectivity index (χ4v) is 3.32.